The minimum absolute atomic E-state index is 0.128. The van der Waals surface area contributed by atoms with Crippen LogP contribution in [-0.4, -0.2) is 23.4 Å². The number of carbonyl (C=O) groups is 1. The summed E-state index contributed by atoms with van der Waals surface area (Å²) >= 11 is 0. The minimum Gasteiger partial charge on any atom is -0.322 e. The summed E-state index contributed by atoms with van der Waals surface area (Å²) in [5.74, 6) is 0.517. The van der Waals surface area contributed by atoms with Crippen LogP contribution in [0.3, 0.4) is 0 Å². The third kappa shape index (κ3) is 3.37. The number of carbonyl (C=O) groups excluding carboxylic acids is 1. The van der Waals surface area contributed by atoms with Crippen LogP contribution in [0.25, 0.3) is 0 Å². The van der Waals surface area contributed by atoms with Gasteiger partial charge in [-0.25, -0.2) is 4.39 Å². The molecule has 2 rings (SSSR count). The topological polar surface area (TPSA) is 32.3 Å². The third-order valence-corrected chi connectivity index (χ3v) is 3.74. The lowest BCUT2D eigenvalue weighted by Crippen LogP contribution is -2.31. The Hall–Kier alpha value is -1.42. The molecule has 1 saturated heterocycles. The molecule has 1 aromatic carbocycles. The number of rotatable bonds is 5. The maximum atomic E-state index is 13.0. The summed E-state index contributed by atoms with van der Waals surface area (Å²) < 4.78 is 13.0. The van der Waals surface area contributed by atoms with Crippen molar-refractivity contribution >= 4 is 5.91 Å². The highest BCUT2D eigenvalue weighted by Gasteiger charge is 2.36. The van der Waals surface area contributed by atoms with Gasteiger partial charge < -0.3 is 4.90 Å². The molecule has 1 fully saturated rings. The number of halogens is 1. The smallest absolute Gasteiger partial charge is 0.241 e. The molecule has 2 unspecified atom stereocenters. The van der Waals surface area contributed by atoms with Crippen LogP contribution in [-0.2, 0) is 4.79 Å². The third-order valence-electron chi connectivity index (χ3n) is 3.74. The molecule has 0 bridgehead atoms. The van der Waals surface area contributed by atoms with Gasteiger partial charge in [0.05, 0.1) is 6.04 Å². The van der Waals surface area contributed by atoms with E-state index in [0.29, 0.717) is 5.92 Å². The van der Waals surface area contributed by atoms with E-state index in [4.69, 9.17) is 0 Å². The Labute approximate surface area is 120 Å². The lowest BCUT2D eigenvalue weighted by molar-refractivity contribution is -0.129. The van der Waals surface area contributed by atoms with Gasteiger partial charge in [0.25, 0.3) is 0 Å². The van der Waals surface area contributed by atoms with Gasteiger partial charge in [0.15, 0.2) is 0 Å². The number of hydrogen-bond donors (Lipinski definition) is 1. The predicted molar refractivity (Wildman–Crippen MR) is 77.5 cm³/mol. The zero-order valence-corrected chi connectivity index (χ0v) is 12.4. The zero-order chi connectivity index (χ0) is 14.7. The van der Waals surface area contributed by atoms with Crippen molar-refractivity contribution in [3.63, 3.8) is 0 Å². The summed E-state index contributed by atoms with van der Waals surface area (Å²) in [5, 5.41) is 3.28. The molecule has 1 aromatic rings. The van der Waals surface area contributed by atoms with E-state index in [1.807, 2.05) is 11.8 Å². The monoisotopic (exact) mass is 278 g/mol. The summed E-state index contributed by atoms with van der Waals surface area (Å²) in [4.78, 5) is 14.1. The molecule has 0 aliphatic carbocycles. The average molecular weight is 278 g/mol. The van der Waals surface area contributed by atoms with Crippen molar-refractivity contribution in [2.45, 2.75) is 45.8 Å². The fraction of sp³-hybridized carbons (Fsp3) is 0.562. The minimum atomic E-state index is -0.252. The Balaban J connectivity index is 2.09. The van der Waals surface area contributed by atoms with Crippen molar-refractivity contribution in [1.82, 2.24) is 10.2 Å². The van der Waals surface area contributed by atoms with Gasteiger partial charge in [-0.15, -0.1) is 0 Å². The predicted octanol–water partition coefficient (Wildman–Crippen LogP) is 3.08. The Morgan fingerprint density at radius 1 is 1.30 bits per heavy atom. The molecule has 0 radical (unpaired) electrons. The van der Waals surface area contributed by atoms with Gasteiger partial charge in [0.2, 0.25) is 5.91 Å². The highest BCUT2D eigenvalue weighted by atomic mass is 19.1. The van der Waals surface area contributed by atoms with E-state index in [1.165, 1.54) is 12.1 Å². The van der Waals surface area contributed by atoms with Crippen LogP contribution in [0.2, 0.25) is 0 Å². The summed E-state index contributed by atoms with van der Waals surface area (Å²) in [5.41, 5.74) is 0.939. The van der Waals surface area contributed by atoms with Crippen molar-refractivity contribution in [3.8, 4) is 0 Å². The Morgan fingerprint density at radius 3 is 2.55 bits per heavy atom. The number of nitrogens with zero attached hydrogens (tertiary/aromatic N) is 1. The van der Waals surface area contributed by atoms with Crippen LogP contribution in [0.5, 0.6) is 0 Å². The van der Waals surface area contributed by atoms with E-state index in [2.05, 4.69) is 19.2 Å². The first-order chi connectivity index (χ1) is 9.49. The molecule has 1 N–H and O–H groups in total. The number of nitrogens with one attached hydrogen (secondary N) is 1. The van der Waals surface area contributed by atoms with E-state index in [9.17, 15) is 9.18 Å². The van der Waals surface area contributed by atoms with Crippen LogP contribution >= 0.6 is 0 Å². The SMILES string of the molecule is CC(C)CCCN1C(=O)C(C)NC1c1ccc(F)cc1. The first-order valence-electron chi connectivity index (χ1n) is 7.31. The maximum Gasteiger partial charge on any atom is 0.241 e. The molecule has 110 valence electrons. The second kappa shape index (κ2) is 6.35. The van der Waals surface area contributed by atoms with Crippen LogP contribution in [0.15, 0.2) is 24.3 Å². The van der Waals surface area contributed by atoms with Gasteiger partial charge in [-0.3, -0.25) is 10.1 Å². The van der Waals surface area contributed by atoms with Crippen LogP contribution < -0.4 is 5.32 Å². The quantitative estimate of drug-likeness (QED) is 0.897. The van der Waals surface area contributed by atoms with E-state index in [1.54, 1.807) is 12.1 Å². The maximum absolute atomic E-state index is 13.0. The first-order valence-corrected chi connectivity index (χ1v) is 7.31. The van der Waals surface area contributed by atoms with E-state index >= 15 is 0 Å². The number of amides is 1. The van der Waals surface area contributed by atoms with Crippen LogP contribution in [0, 0.1) is 11.7 Å². The molecule has 1 aliphatic rings. The molecule has 20 heavy (non-hydrogen) atoms. The standard InChI is InChI=1S/C16H23FN2O/c1-11(2)5-4-10-19-15(18-12(3)16(19)20)13-6-8-14(17)9-7-13/h6-9,11-12,15,18H,4-5,10H2,1-3H3. The van der Waals surface area contributed by atoms with Gasteiger partial charge >= 0.3 is 0 Å². The average Bonchev–Trinajstić information content (AvgIpc) is 2.67. The molecule has 2 atom stereocenters. The van der Waals surface area contributed by atoms with Crippen LogP contribution in [0.4, 0.5) is 4.39 Å². The second-order valence-electron chi connectivity index (χ2n) is 5.91. The molecule has 0 spiro atoms. The summed E-state index contributed by atoms with van der Waals surface area (Å²) in [6.45, 7) is 6.99. The molecule has 1 heterocycles. The molecule has 0 aromatic heterocycles. The van der Waals surface area contributed by atoms with Crippen molar-refractivity contribution < 1.29 is 9.18 Å². The fourth-order valence-electron chi connectivity index (χ4n) is 2.60. The fourth-order valence-corrected chi connectivity index (χ4v) is 2.60. The van der Waals surface area contributed by atoms with Crippen molar-refractivity contribution in [3.05, 3.63) is 35.6 Å². The molecular formula is C16H23FN2O. The second-order valence-corrected chi connectivity index (χ2v) is 5.91. The molecule has 3 nitrogen and oxygen atoms in total. The van der Waals surface area contributed by atoms with Crippen molar-refractivity contribution in [1.29, 1.82) is 0 Å². The summed E-state index contributed by atoms with van der Waals surface area (Å²) in [6.07, 6.45) is 1.97. The lowest BCUT2D eigenvalue weighted by Gasteiger charge is -2.25. The lowest BCUT2D eigenvalue weighted by atomic mass is 10.1. The molecule has 1 aliphatic heterocycles. The molecule has 1 amide bonds. The molecule has 0 saturated carbocycles. The normalized spacial score (nSPS) is 22.9. The molecular weight excluding hydrogens is 255 g/mol. The van der Waals surface area contributed by atoms with Crippen LogP contribution in [0.1, 0.15) is 45.3 Å². The number of benzene rings is 1. The van der Waals surface area contributed by atoms with Gasteiger partial charge in [0.1, 0.15) is 12.0 Å². The largest absolute Gasteiger partial charge is 0.322 e. The van der Waals surface area contributed by atoms with Gasteiger partial charge in [-0.05, 0) is 43.4 Å². The Kier molecular flexibility index (Phi) is 4.76. The summed E-state index contributed by atoms with van der Waals surface area (Å²) in [6, 6.07) is 6.19. The summed E-state index contributed by atoms with van der Waals surface area (Å²) in [7, 11) is 0. The van der Waals surface area contributed by atoms with E-state index < -0.39 is 0 Å². The van der Waals surface area contributed by atoms with Gasteiger partial charge in [-0.2, -0.15) is 0 Å². The Bertz CT molecular complexity index is 458. The van der Waals surface area contributed by atoms with Gasteiger partial charge in [0, 0.05) is 6.54 Å². The van der Waals surface area contributed by atoms with Crippen molar-refractivity contribution in [2.24, 2.45) is 5.92 Å². The van der Waals surface area contributed by atoms with E-state index in [0.717, 1.165) is 24.9 Å². The zero-order valence-electron chi connectivity index (χ0n) is 12.4. The molecule has 4 heteroatoms. The first kappa shape index (κ1) is 15.0. The highest BCUT2D eigenvalue weighted by molar-refractivity contribution is 5.84. The van der Waals surface area contributed by atoms with Crippen molar-refractivity contribution in [2.75, 3.05) is 6.54 Å². The number of hydrogen-bond acceptors (Lipinski definition) is 2. The van der Waals surface area contributed by atoms with E-state index in [-0.39, 0.29) is 23.9 Å². The highest BCUT2D eigenvalue weighted by Crippen LogP contribution is 2.26. The van der Waals surface area contributed by atoms with Gasteiger partial charge in [-0.1, -0.05) is 26.0 Å². The Morgan fingerprint density at radius 2 is 1.95 bits per heavy atom.